The third-order valence-corrected chi connectivity index (χ3v) is 3.94. The SMILES string of the molecule is CC(Pc1ccccc1)c1ccccc1F. The van der Waals surface area contributed by atoms with Gasteiger partial charge in [0.15, 0.2) is 0 Å². The molecule has 0 nitrogen and oxygen atoms in total. The molecule has 0 fully saturated rings. The van der Waals surface area contributed by atoms with Gasteiger partial charge in [-0.2, -0.15) is 0 Å². The van der Waals surface area contributed by atoms with Crippen molar-refractivity contribution in [3.05, 3.63) is 66.0 Å². The Hall–Kier alpha value is -1.20. The normalized spacial score (nSPS) is 13.1. The van der Waals surface area contributed by atoms with Crippen LogP contribution in [0.2, 0.25) is 0 Å². The molecule has 0 bridgehead atoms. The fourth-order valence-corrected chi connectivity index (χ4v) is 2.96. The van der Waals surface area contributed by atoms with Crippen molar-refractivity contribution >= 4 is 13.9 Å². The Labute approximate surface area is 97.3 Å². The van der Waals surface area contributed by atoms with Crippen LogP contribution in [0, 0.1) is 5.82 Å². The molecule has 2 aromatic carbocycles. The first-order valence-corrected chi connectivity index (χ1v) is 6.41. The summed E-state index contributed by atoms with van der Waals surface area (Å²) >= 11 is 0. The maximum absolute atomic E-state index is 13.5. The summed E-state index contributed by atoms with van der Waals surface area (Å²) in [5.41, 5.74) is 1.05. The lowest BCUT2D eigenvalue weighted by Crippen LogP contribution is -1.98. The molecule has 0 saturated heterocycles. The molecule has 0 N–H and O–H groups in total. The summed E-state index contributed by atoms with van der Waals surface area (Å²) in [6.07, 6.45) is 0. The topological polar surface area (TPSA) is 0 Å². The quantitative estimate of drug-likeness (QED) is 0.704. The molecule has 82 valence electrons. The molecule has 0 aliphatic rings. The van der Waals surface area contributed by atoms with Crippen LogP contribution < -0.4 is 5.30 Å². The van der Waals surface area contributed by atoms with Crippen LogP contribution in [0.4, 0.5) is 4.39 Å². The Morgan fingerprint density at radius 1 is 0.938 bits per heavy atom. The van der Waals surface area contributed by atoms with E-state index in [0.717, 1.165) is 5.56 Å². The Morgan fingerprint density at radius 3 is 2.25 bits per heavy atom. The predicted molar refractivity (Wildman–Crippen MR) is 69.2 cm³/mol. The zero-order chi connectivity index (χ0) is 11.4. The van der Waals surface area contributed by atoms with E-state index in [1.165, 1.54) is 11.4 Å². The van der Waals surface area contributed by atoms with Gasteiger partial charge in [0, 0.05) is 5.66 Å². The van der Waals surface area contributed by atoms with E-state index < -0.39 is 0 Å². The number of hydrogen-bond donors (Lipinski definition) is 0. The monoisotopic (exact) mass is 232 g/mol. The van der Waals surface area contributed by atoms with Gasteiger partial charge in [-0.3, -0.25) is 0 Å². The summed E-state index contributed by atoms with van der Waals surface area (Å²) in [7, 11) is 0.612. The Kier molecular flexibility index (Phi) is 3.69. The summed E-state index contributed by atoms with van der Waals surface area (Å²) in [5.74, 6) is -0.0987. The lowest BCUT2D eigenvalue weighted by Gasteiger charge is -2.12. The van der Waals surface area contributed by atoms with Crippen LogP contribution in [0.5, 0.6) is 0 Å². The van der Waals surface area contributed by atoms with E-state index in [1.54, 1.807) is 6.07 Å². The molecule has 0 aliphatic carbocycles. The van der Waals surface area contributed by atoms with Gasteiger partial charge in [-0.1, -0.05) is 64.0 Å². The Bertz CT molecular complexity index is 453. The van der Waals surface area contributed by atoms with Gasteiger partial charge in [0.05, 0.1) is 0 Å². The summed E-state index contributed by atoms with van der Waals surface area (Å²) in [4.78, 5) is 0. The molecule has 0 amide bonds. The summed E-state index contributed by atoms with van der Waals surface area (Å²) in [5, 5.41) is 1.28. The first kappa shape index (κ1) is 11.3. The molecule has 0 radical (unpaired) electrons. The summed E-state index contributed by atoms with van der Waals surface area (Å²) < 4.78 is 13.5. The van der Waals surface area contributed by atoms with Crippen LogP contribution in [0.1, 0.15) is 18.1 Å². The third kappa shape index (κ3) is 2.68. The molecule has 0 aromatic heterocycles. The fourth-order valence-electron chi connectivity index (χ4n) is 1.69. The molecule has 0 heterocycles. The van der Waals surface area contributed by atoms with E-state index >= 15 is 0 Å². The highest BCUT2D eigenvalue weighted by atomic mass is 31.1. The molecule has 0 saturated carbocycles. The number of halogens is 1. The van der Waals surface area contributed by atoms with Crippen LogP contribution in [-0.4, -0.2) is 0 Å². The van der Waals surface area contributed by atoms with Crippen LogP contribution in [-0.2, 0) is 0 Å². The largest absolute Gasteiger partial charge is 0.207 e. The Balaban J connectivity index is 2.15. The number of rotatable bonds is 3. The lowest BCUT2D eigenvalue weighted by atomic mass is 10.1. The second kappa shape index (κ2) is 5.23. The molecule has 0 aliphatic heterocycles. The highest BCUT2D eigenvalue weighted by Crippen LogP contribution is 2.34. The number of benzene rings is 2. The van der Waals surface area contributed by atoms with E-state index in [1.807, 2.05) is 30.3 Å². The minimum Gasteiger partial charge on any atom is -0.207 e. The molecule has 2 atom stereocenters. The Morgan fingerprint density at radius 2 is 1.56 bits per heavy atom. The van der Waals surface area contributed by atoms with Gasteiger partial charge in [0.2, 0.25) is 0 Å². The van der Waals surface area contributed by atoms with Crippen LogP contribution in [0.15, 0.2) is 54.6 Å². The van der Waals surface area contributed by atoms with Gasteiger partial charge in [0.25, 0.3) is 0 Å². The van der Waals surface area contributed by atoms with Gasteiger partial charge in [-0.15, -0.1) is 0 Å². The predicted octanol–water partition coefficient (Wildman–Crippen LogP) is 3.89. The average molecular weight is 232 g/mol. The zero-order valence-electron chi connectivity index (χ0n) is 9.15. The van der Waals surface area contributed by atoms with Crippen molar-refractivity contribution < 1.29 is 4.39 Å². The van der Waals surface area contributed by atoms with Crippen molar-refractivity contribution in [3.8, 4) is 0 Å². The zero-order valence-corrected chi connectivity index (χ0v) is 10.2. The molecule has 2 unspecified atom stereocenters. The standard InChI is InChI=1S/C14H14FP/c1-11(13-9-5-6-10-14(13)15)16-12-7-3-2-4-8-12/h2-11,16H,1H3. The molecule has 2 aromatic rings. The molecular formula is C14H14FP. The van der Waals surface area contributed by atoms with Crippen molar-refractivity contribution in [2.45, 2.75) is 12.6 Å². The van der Waals surface area contributed by atoms with Crippen molar-refractivity contribution in [2.75, 3.05) is 0 Å². The third-order valence-electron chi connectivity index (χ3n) is 2.53. The first-order valence-electron chi connectivity index (χ1n) is 5.33. The van der Waals surface area contributed by atoms with Crippen LogP contribution in [0.25, 0.3) is 0 Å². The highest BCUT2D eigenvalue weighted by Gasteiger charge is 2.10. The molecule has 0 spiro atoms. The van der Waals surface area contributed by atoms with E-state index in [9.17, 15) is 4.39 Å². The van der Waals surface area contributed by atoms with Crippen molar-refractivity contribution in [1.29, 1.82) is 0 Å². The van der Waals surface area contributed by atoms with Crippen molar-refractivity contribution in [3.63, 3.8) is 0 Å². The van der Waals surface area contributed by atoms with Gasteiger partial charge >= 0.3 is 0 Å². The lowest BCUT2D eigenvalue weighted by molar-refractivity contribution is 0.611. The minimum absolute atomic E-state index is 0.0987. The van der Waals surface area contributed by atoms with E-state index in [0.29, 0.717) is 8.58 Å². The molecule has 2 heteroatoms. The summed E-state index contributed by atoms with van der Waals surface area (Å²) in [6, 6.07) is 17.3. The second-order valence-corrected chi connectivity index (χ2v) is 5.49. The molecular weight excluding hydrogens is 218 g/mol. The van der Waals surface area contributed by atoms with E-state index in [2.05, 4.69) is 19.1 Å². The fraction of sp³-hybridized carbons (Fsp3) is 0.143. The van der Waals surface area contributed by atoms with Crippen molar-refractivity contribution in [1.82, 2.24) is 0 Å². The molecule has 2 rings (SSSR count). The van der Waals surface area contributed by atoms with Gasteiger partial charge < -0.3 is 0 Å². The summed E-state index contributed by atoms with van der Waals surface area (Å²) in [6.45, 7) is 2.07. The highest BCUT2D eigenvalue weighted by molar-refractivity contribution is 7.47. The maximum atomic E-state index is 13.5. The van der Waals surface area contributed by atoms with Gasteiger partial charge in [-0.05, 0) is 16.9 Å². The van der Waals surface area contributed by atoms with Crippen molar-refractivity contribution in [2.24, 2.45) is 0 Å². The maximum Gasteiger partial charge on any atom is 0.127 e. The first-order chi connectivity index (χ1) is 7.77. The smallest absolute Gasteiger partial charge is 0.127 e. The minimum atomic E-state index is -0.0987. The van der Waals surface area contributed by atoms with Crippen LogP contribution >= 0.6 is 8.58 Å². The second-order valence-electron chi connectivity index (χ2n) is 3.75. The van der Waals surface area contributed by atoms with E-state index in [-0.39, 0.29) is 11.5 Å². The van der Waals surface area contributed by atoms with Gasteiger partial charge in [-0.25, -0.2) is 4.39 Å². The van der Waals surface area contributed by atoms with Crippen LogP contribution in [0.3, 0.4) is 0 Å². The average Bonchev–Trinajstić information content (AvgIpc) is 2.31. The van der Waals surface area contributed by atoms with E-state index in [4.69, 9.17) is 0 Å². The van der Waals surface area contributed by atoms with Gasteiger partial charge in [0.1, 0.15) is 5.82 Å². The number of hydrogen-bond acceptors (Lipinski definition) is 0. The molecule has 16 heavy (non-hydrogen) atoms.